The molecule has 0 saturated carbocycles. The third-order valence-electron chi connectivity index (χ3n) is 4.62. The monoisotopic (exact) mass is 383 g/mol. The van der Waals surface area contributed by atoms with Crippen molar-refractivity contribution in [2.75, 3.05) is 33.9 Å². The maximum absolute atomic E-state index is 5.93. The number of fused-ring (bicyclic) bond motifs is 1. The van der Waals surface area contributed by atoms with Crippen LogP contribution in [0.25, 0.3) is 0 Å². The van der Waals surface area contributed by atoms with Crippen molar-refractivity contribution in [1.29, 1.82) is 0 Å². The van der Waals surface area contributed by atoms with Gasteiger partial charge in [-0.05, 0) is 42.7 Å². The third-order valence-corrected chi connectivity index (χ3v) is 4.62. The lowest BCUT2D eigenvalue weighted by atomic mass is 10.1. The molecule has 2 aromatic rings. The highest BCUT2D eigenvalue weighted by molar-refractivity contribution is 5.79. The van der Waals surface area contributed by atoms with Gasteiger partial charge in [-0.25, -0.2) is 0 Å². The van der Waals surface area contributed by atoms with Gasteiger partial charge in [-0.1, -0.05) is 18.2 Å². The van der Waals surface area contributed by atoms with E-state index in [1.807, 2.05) is 31.2 Å². The third kappa shape index (κ3) is 5.55. The van der Waals surface area contributed by atoms with Crippen molar-refractivity contribution < 1.29 is 14.2 Å². The van der Waals surface area contributed by atoms with E-state index in [1.54, 1.807) is 14.2 Å². The quantitative estimate of drug-likeness (QED) is 0.542. The average molecular weight is 383 g/mol. The fraction of sp³-hybridized carbons (Fsp3) is 0.409. The largest absolute Gasteiger partial charge is 0.497 e. The summed E-state index contributed by atoms with van der Waals surface area (Å²) in [4.78, 5) is 4.28. The average Bonchev–Trinajstić information content (AvgIpc) is 3.18. The second-order valence-electron chi connectivity index (χ2n) is 6.78. The smallest absolute Gasteiger partial charge is 0.191 e. The number of benzene rings is 2. The second kappa shape index (κ2) is 9.88. The minimum atomic E-state index is -0.0117. The predicted molar refractivity (Wildman–Crippen MR) is 112 cm³/mol. The summed E-state index contributed by atoms with van der Waals surface area (Å²) in [6.45, 7) is 4.27. The number of hydrogen-bond donors (Lipinski definition) is 2. The van der Waals surface area contributed by atoms with E-state index in [-0.39, 0.29) is 6.10 Å². The first kappa shape index (κ1) is 19.9. The van der Waals surface area contributed by atoms with Gasteiger partial charge >= 0.3 is 0 Å². The van der Waals surface area contributed by atoms with Gasteiger partial charge in [0.25, 0.3) is 0 Å². The lowest BCUT2D eigenvalue weighted by Gasteiger charge is -2.18. The maximum Gasteiger partial charge on any atom is 0.191 e. The Balaban J connectivity index is 1.40. The zero-order chi connectivity index (χ0) is 19.8. The van der Waals surface area contributed by atoms with E-state index >= 15 is 0 Å². The van der Waals surface area contributed by atoms with E-state index in [9.17, 15) is 0 Å². The molecule has 6 nitrogen and oxygen atoms in total. The molecule has 28 heavy (non-hydrogen) atoms. The molecule has 3 rings (SSSR count). The van der Waals surface area contributed by atoms with Gasteiger partial charge in [0, 0.05) is 26.1 Å². The fourth-order valence-electron chi connectivity index (χ4n) is 3.13. The van der Waals surface area contributed by atoms with Crippen molar-refractivity contribution in [2.24, 2.45) is 4.99 Å². The van der Waals surface area contributed by atoms with Crippen molar-refractivity contribution in [3.63, 3.8) is 0 Å². The van der Waals surface area contributed by atoms with Crippen LogP contribution in [-0.4, -0.2) is 45.9 Å². The van der Waals surface area contributed by atoms with Crippen LogP contribution in [0.15, 0.2) is 47.5 Å². The Labute approximate surface area is 166 Å². The number of guanidine groups is 1. The number of rotatable bonds is 8. The Morgan fingerprint density at radius 2 is 2.04 bits per heavy atom. The molecular formula is C22H29N3O3. The molecule has 1 heterocycles. The molecule has 1 unspecified atom stereocenters. The van der Waals surface area contributed by atoms with Gasteiger partial charge in [-0.3, -0.25) is 4.99 Å². The first-order valence-corrected chi connectivity index (χ1v) is 9.68. The Morgan fingerprint density at radius 3 is 2.86 bits per heavy atom. The standard InChI is InChI=1S/C22H29N3O3/c1-16(28-20-6-4-5-19(14-20)26-3)15-25-22(23-2)24-11-9-17-7-8-21-18(13-17)10-12-27-21/h4-8,13-14,16H,9-12,15H2,1-3H3,(H2,23,24,25). The molecule has 0 bridgehead atoms. The van der Waals surface area contributed by atoms with Crippen LogP contribution in [0.3, 0.4) is 0 Å². The summed E-state index contributed by atoms with van der Waals surface area (Å²) in [5, 5.41) is 6.66. The first-order valence-electron chi connectivity index (χ1n) is 9.68. The molecule has 1 atom stereocenters. The fourth-order valence-corrected chi connectivity index (χ4v) is 3.13. The number of nitrogens with one attached hydrogen (secondary N) is 2. The van der Waals surface area contributed by atoms with Gasteiger partial charge in [0.15, 0.2) is 5.96 Å². The van der Waals surface area contributed by atoms with E-state index in [4.69, 9.17) is 14.2 Å². The molecule has 2 aromatic carbocycles. The van der Waals surface area contributed by atoms with Gasteiger partial charge in [0.1, 0.15) is 23.4 Å². The summed E-state index contributed by atoms with van der Waals surface area (Å²) in [7, 11) is 3.42. The topological polar surface area (TPSA) is 64.1 Å². The molecule has 0 radical (unpaired) electrons. The van der Waals surface area contributed by atoms with Crippen LogP contribution in [0.4, 0.5) is 0 Å². The van der Waals surface area contributed by atoms with E-state index in [0.29, 0.717) is 6.54 Å². The Hall–Kier alpha value is -2.89. The summed E-state index contributed by atoms with van der Waals surface area (Å²) >= 11 is 0. The lowest BCUT2D eigenvalue weighted by Crippen LogP contribution is -2.42. The summed E-state index contributed by atoms with van der Waals surface area (Å²) < 4.78 is 16.7. The highest BCUT2D eigenvalue weighted by Crippen LogP contribution is 2.25. The van der Waals surface area contributed by atoms with E-state index in [1.165, 1.54) is 11.1 Å². The molecule has 1 aliphatic rings. The van der Waals surface area contributed by atoms with Crippen molar-refractivity contribution in [3.8, 4) is 17.2 Å². The van der Waals surface area contributed by atoms with Crippen LogP contribution in [0.2, 0.25) is 0 Å². The molecule has 0 aliphatic carbocycles. The van der Waals surface area contributed by atoms with Gasteiger partial charge in [0.2, 0.25) is 0 Å². The SMILES string of the molecule is CN=C(NCCc1ccc2c(c1)CCO2)NCC(C)Oc1cccc(OC)c1. The minimum Gasteiger partial charge on any atom is -0.497 e. The molecule has 150 valence electrons. The number of methoxy groups -OCH3 is 1. The van der Waals surface area contributed by atoms with E-state index < -0.39 is 0 Å². The number of ether oxygens (including phenoxy) is 3. The molecule has 1 aliphatic heterocycles. The molecule has 6 heteroatoms. The molecule has 0 amide bonds. The van der Waals surface area contributed by atoms with Crippen molar-refractivity contribution in [1.82, 2.24) is 10.6 Å². The molecule has 2 N–H and O–H groups in total. The predicted octanol–water partition coefficient (Wildman–Crippen LogP) is 2.81. The summed E-state index contributed by atoms with van der Waals surface area (Å²) in [5.74, 6) is 3.37. The summed E-state index contributed by atoms with van der Waals surface area (Å²) in [6.07, 6.45) is 1.93. The number of nitrogens with zero attached hydrogens (tertiary/aromatic N) is 1. The zero-order valence-electron chi connectivity index (χ0n) is 16.8. The molecule has 0 fully saturated rings. The zero-order valence-corrected chi connectivity index (χ0v) is 16.8. The van der Waals surface area contributed by atoms with Gasteiger partial charge in [0.05, 0.1) is 20.3 Å². The Morgan fingerprint density at radius 1 is 1.18 bits per heavy atom. The van der Waals surface area contributed by atoms with Crippen LogP contribution < -0.4 is 24.8 Å². The van der Waals surface area contributed by atoms with Crippen LogP contribution in [0.5, 0.6) is 17.2 Å². The number of hydrogen-bond acceptors (Lipinski definition) is 4. The first-order chi connectivity index (χ1) is 13.7. The van der Waals surface area contributed by atoms with Crippen molar-refractivity contribution in [3.05, 3.63) is 53.6 Å². The Kier molecular flexibility index (Phi) is 7.00. The van der Waals surface area contributed by atoms with Crippen LogP contribution >= 0.6 is 0 Å². The van der Waals surface area contributed by atoms with E-state index in [0.717, 1.165) is 49.2 Å². The van der Waals surface area contributed by atoms with Crippen LogP contribution in [-0.2, 0) is 12.8 Å². The maximum atomic E-state index is 5.93. The Bertz CT molecular complexity index is 807. The highest BCUT2D eigenvalue weighted by atomic mass is 16.5. The highest BCUT2D eigenvalue weighted by Gasteiger charge is 2.12. The van der Waals surface area contributed by atoms with Crippen LogP contribution in [0.1, 0.15) is 18.1 Å². The minimum absolute atomic E-state index is 0.0117. The van der Waals surface area contributed by atoms with Gasteiger partial charge < -0.3 is 24.8 Å². The van der Waals surface area contributed by atoms with Gasteiger partial charge in [-0.2, -0.15) is 0 Å². The van der Waals surface area contributed by atoms with Crippen LogP contribution in [0, 0.1) is 0 Å². The van der Waals surface area contributed by atoms with Crippen molar-refractivity contribution >= 4 is 5.96 Å². The normalized spacial score (nSPS) is 14.0. The second-order valence-corrected chi connectivity index (χ2v) is 6.78. The van der Waals surface area contributed by atoms with Gasteiger partial charge in [-0.15, -0.1) is 0 Å². The summed E-state index contributed by atoms with van der Waals surface area (Å²) in [5.41, 5.74) is 2.62. The summed E-state index contributed by atoms with van der Waals surface area (Å²) in [6, 6.07) is 14.1. The number of aliphatic imine (C=N–C) groups is 1. The van der Waals surface area contributed by atoms with E-state index in [2.05, 4.69) is 33.8 Å². The molecule has 0 spiro atoms. The lowest BCUT2D eigenvalue weighted by molar-refractivity contribution is 0.223. The van der Waals surface area contributed by atoms with Crippen molar-refractivity contribution in [2.45, 2.75) is 25.9 Å². The molecule has 0 saturated heterocycles. The molecular weight excluding hydrogens is 354 g/mol. The molecule has 0 aromatic heterocycles.